The Labute approximate surface area is 144 Å². The summed E-state index contributed by atoms with van der Waals surface area (Å²) in [5.74, 6) is 0.342. The molecule has 1 heterocycles. The van der Waals surface area contributed by atoms with Gasteiger partial charge in [-0.25, -0.2) is 0 Å². The molecule has 0 spiro atoms. The Morgan fingerprint density at radius 3 is 2.25 bits per heavy atom. The molecule has 1 aliphatic rings. The first-order valence-corrected chi connectivity index (χ1v) is 8.84. The monoisotopic (exact) mass is 322 g/mol. The first-order chi connectivity index (χ1) is 11.7. The highest BCUT2D eigenvalue weighted by Crippen LogP contribution is 2.21. The van der Waals surface area contributed by atoms with Crippen LogP contribution in [0.25, 0.3) is 0 Å². The minimum atomic E-state index is 0.0704. The smallest absolute Gasteiger partial charge is 0.223 e. The van der Waals surface area contributed by atoms with E-state index in [-0.39, 0.29) is 17.9 Å². The van der Waals surface area contributed by atoms with Crippen LogP contribution >= 0.6 is 0 Å². The number of likely N-dealkylation sites (tertiary alicyclic amines) is 1. The summed E-state index contributed by atoms with van der Waals surface area (Å²) in [5.41, 5.74) is 2.51. The van der Waals surface area contributed by atoms with Crippen LogP contribution in [0.1, 0.15) is 36.9 Å². The van der Waals surface area contributed by atoms with E-state index in [0.717, 1.165) is 38.0 Å². The molecule has 3 heteroatoms. The molecule has 2 aromatic carbocycles. The normalized spacial score (nSPS) is 17.4. The maximum absolute atomic E-state index is 12.5. The number of nitrogens with zero attached hydrogens (tertiary/aromatic N) is 1. The van der Waals surface area contributed by atoms with Crippen LogP contribution in [-0.4, -0.2) is 23.9 Å². The van der Waals surface area contributed by atoms with Crippen molar-refractivity contribution in [3.05, 3.63) is 71.8 Å². The van der Waals surface area contributed by atoms with E-state index >= 15 is 0 Å². The summed E-state index contributed by atoms with van der Waals surface area (Å²) in [4.78, 5) is 15.0. The number of amides is 1. The molecule has 24 heavy (non-hydrogen) atoms. The van der Waals surface area contributed by atoms with E-state index in [1.54, 1.807) is 0 Å². The molecule has 1 N–H and O–H groups in total. The van der Waals surface area contributed by atoms with Crippen molar-refractivity contribution in [2.45, 2.75) is 32.4 Å². The molecule has 1 aliphatic heterocycles. The lowest BCUT2D eigenvalue weighted by Crippen LogP contribution is -2.40. The molecule has 1 fully saturated rings. The maximum Gasteiger partial charge on any atom is 0.223 e. The molecule has 0 saturated carbocycles. The van der Waals surface area contributed by atoms with E-state index in [1.165, 1.54) is 5.56 Å². The Kier molecular flexibility index (Phi) is 5.65. The minimum absolute atomic E-state index is 0.0704. The molecule has 0 bridgehead atoms. The second kappa shape index (κ2) is 8.11. The van der Waals surface area contributed by atoms with Crippen molar-refractivity contribution < 1.29 is 4.79 Å². The summed E-state index contributed by atoms with van der Waals surface area (Å²) in [6, 6.07) is 20.8. The maximum atomic E-state index is 12.5. The van der Waals surface area contributed by atoms with E-state index < -0.39 is 0 Å². The third-order valence-corrected chi connectivity index (χ3v) is 4.87. The zero-order chi connectivity index (χ0) is 16.8. The lowest BCUT2D eigenvalue weighted by Gasteiger charge is -2.32. The molecule has 0 radical (unpaired) electrons. The molecule has 3 rings (SSSR count). The first-order valence-electron chi connectivity index (χ1n) is 8.84. The highest BCUT2D eigenvalue weighted by Gasteiger charge is 2.25. The van der Waals surface area contributed by atoms with Gasteiger partial charge < -0.3 is 5.32 Å². The van der Waals surface area contributed by atoms with E-state index in [1.807, 2.05) is 24.3 Å². The molecular formula is C21H26N2O. The molecule has 126 valence electrons. The number of benzene rings is 2. The molecule has 1 amide bonds. The van der Waals surface area contributed by atoms with Gasteiger partial charge in [-0.2, -0.15) is 0 Å². The summed E-state index contributed by atoms with van der Waals surface area (Å²) < 4.78 is 0. The molecule has 2 aromatic rings. The van der Waals surface area contributed by atoms with Gasteiger partial charge in [0.2, 0.25) is 5.91 Å². The number of rotatable bonds is 5. The van der Waals surface area contributed by atoms with Crippen molar-refractivity contribution >= 4 is 5.91 Å². The average Bonchev–Trinajstić information content (AvgIpc) is 2.64. The van der Waals surface area contributed by atoms with E-state index in [2.05, 4.69) is 53.5 Å². The van der Waals surface area contributed by atoms with Crippen molar-refractivity contribution in [3.63, 3.8) is 0 Å². The van der Waals surface area contributed by atoms with Gasteiger partial charge in [0.1, 0.15) is 0 Å². The summed E-state index contributed by atoms with van der Waals surface area (Å²) in [6.07, 6.45) is 1.89. The Morgan fingerprint density at radius 1 is 1.04 bits per heavy atom. The molecule has 3 nitrogen and oxygen atoms in total. The molecule has 0 aliphatic carbocycles. The largest absolute Gasteiger partial charge is 0.349 e. The van der Waals surface area contributed by atoms with Crippen molar-refractivity contribution in [1.82, 2.24) is 10.2 Å². The fourth-order valence-electron chi connectivity index (χ4n) is 3.35. The fraction of sp³-hybridized carbons (Fsp3) is 0.381. The Morgan fingerprint density at radius 2 is 1.62 bits per heavy atom. The molecule has 1 atom stereocenters. The average molecular weight is 322 g/mol. The predicted octanol–water partition coefficient (Wildman–Crippen LogP) is 3.78. The van der Waals surface area contributed by atoms with Gasteiger partial charge >= 0.3 is 0 Å². The SMILES string of the molecule is C[C@H](NC(=O)C1CCN(Cc2ccccc2)CC1)c1ccccc1. The van der Waals surface area contributed by atoms with E-state index in [9.17, 15) is 4.79 Å². The zero-order valence-corrected chi connectivity index (χ0v) is 14.3. The van der Waals surface area contributed by atoms with Crippen LogP contribution in [-0.2, 0) is 11.3 Å². The number of nitrogens with one attached hydrogen (secondary N) is 1. The van der Waals surface area contributed by atoms with Gasteiger partial charge in [0, 0.05) is 12.5 Å². The van der Waals surface area contributed by atoms with Crippen LogP contribution in [0.5, 0.6) is 0 Å². The molecular weight excluding hydrogens is 296 g/mol. The van der Waals surface area contributed by atoms with E-state index in [0.29, 0.717) is 0 Å². The van der Waals surface area contributed by atoms with Gasteiger partial charge in [0.25, 0.3) is 0 Å². The van der Waals surface area contributed by atoms with Crippen LogP contribution in [0.15, 0.2) is 60.7 Å². The standard InChI is InChI=1S/C21H26N2O/c1-17(19-10-6-3-7-11-19)22-21(24)20-12-14-23(15-13-20)16-18-8-4-2-5-9-18/h2-11,17,20H,12-16H2,1H3,(H,22,24)/t17-/m0/s1. The second-order valence-electron chi connectivity index (χ2n) is 6.68. The lowest BCUT2D eigenvalue weighted by atomic mass is 9.95. The summed E-state index contributed by atoms with van der Waals surface area (Å²) in [6.45, 7) is 5.02. The summed E-state index contributed by atoms with van der Waals surface area (Å²) >= 11 is 0. The molecule has 0 unspecified atom stereocenters. The molecule has 1 saturated heterocycles. The molecule has 0 aromatic heterocycles. The Balaban J connectivity index is 1.47. The first kappa shape index (κ1) is 16.7. The van der Waals surface area contributed by atoms with Gasteiger partial charge in [-0.15, -0.1) is 0 Å². The van der Waals surface area contributed by atoms with Crippen molar-refractivity contribution in [3.8, 4) is 0 Å². The Bertz CT molecular complexity index is 633. The van der Waals surface area contributed by atoms with Crippen molar-refractivity contribution in [1.29, 1.82) is 0 Å². The quantitative estimate of drug-likeness (QED) is 0.908. The van der Waals surface area contributed by atoms with Crippen LogP contribution < -0.4 is 5.32 Å². The number of hydrogen-bond acceptors (Lipinski definition) is 2. The summed E-state index contributed by atoms with van der Waals surface area (Å²) in [7, 11) is 0. The van der Waals surface area contributed by atoms with Crippen molar-refractivity contribution in [2.75, 3.05) is 13.1 Å². The third-order valence-electron chi connectivity index (χ3n) is 4.87. The van der Waals surface area contributed by atoms with Crippen LogP contribution in [0, 0.1) is 5.92 Å². The minimum Gasteiger partial charge on any atom is -0.349 e. The fourth-order valence-corrected chi connectivity index (χ4v) is 3.35. The van der Waals surface area contributed by atoms with Gasteiger partial charge in [0.15, 0.2) is 0 Å². The number of carbonyl (C=O) groups is 1. The highest BCUT2D eigenvalue weighted by molar-refractivity contribution is 5.79. The number of carbonyl (C=O) groups excluding carboxylic acids is 1. The van der Waals surface area contributed by atoms with Crippen LogP contribution in [0.2, 0.25) is 0 Å². The van der Waals surface area contributed by atoms with Crippen molar-refractivity contribution in [2.24, 2.45) is 5.92 Å². The predicted molar refractivity (Wildman–Crippen MR) is 97.4 cm³/mol. The summed E-state index contributed by atoms with van der Waals surface area (Å²) in [5, 5.41) is 3.17. The van der Waals surface area contributed by atoms with E-state index in [4.69, 9.17) is 0 Å². The van der Waals surface area contributed by atoms with Gasteiger partial charge in [0.05, 0.1) is 6.04 Å². The third kappa shape index (κ3) is 4.45. The number of piperidine rings is 1. The van der Waals surface area contributed by atoms with Crippen LogP contribution in [0.4, 0.5) is 0 Å². The van der Waals surface area contributed by atoms with Crippen LogP contribution in [0.3, 0.4) is 0 Å². The van der Waals surface area contributed by atoms with Gasteiger partial charge in [-0.1, -0.05) is 60.7 Å². The Hall–Kier alpha value is -2.13. The van der Waals surface area contributed by atoms with Gasteiger partial charge in [-0.05, 0) is 44.0 Å². The highest BCUT2D eigenvalue weighted by atomic mass is 16.1. The second-order valence-corrected chi connectivity index (χ2v) is 6.68. The van der Waals surface area contributed by atoms with Gasteiger partial charge in [-0.3, -0.25) is 9.69 Å². The number of hydrogen-bond donors (Lipinski definition) is 1. The zero-order valence-electron chi connectivity index (χ0n) is 14.3. The lowest BCUT2D eigenvalue weighted by molar-refractivity contribution is -0.127. The topological polar surface area (TPSA) is 32.3 Å².